The molecule has 4 heterocycles. The van der Waals surface area contributed by atoms with Gasteiger partial charge >= 0.3 is 0 Å². The SMILES string of the molecule is C=CC(=O)N1CCC(Oc2cc3c(Nc4cccc(CO)c4)nc(/C=C\C(=O)N4CCC(Oc5cc6c(Nc7ccc(Cl)c(Cl)c7F)ncnc6cc5OC)C4)nc3cc2OC)C1. The summed E-state index contributed by atoms with van der Waals surface area (Å²) in [6.45, 7) is 5.09. The maximum Gasteiger partial charge on any atom is 0.246 e. The minimum absolute atomic E-state index is 0.0742. The maximum atomic E-state index is 14.9. The predicted molar refractivity (Wildman–Crippen MR) is 238 cm³/mol. The van der Waals surface area contributed by atoms with Gasteiger partial charge in [0.1, 0.15) is 30.2 Å². The highest BCUT2D eigenvalue weighted by molar-refractivity contribution is 6.42. The number of methoxy groups -OCH3 is 2. The van der Waals surface area contributed by atoms with Crippen LogP contribution in [0.5, 0.6) is 23.0 Å². The largest absolute Gasteiger partial charge is 0.493 e. The lowest BCUT2D eigenvalue weighted by Gasteiger charge is -2.19. The quantitative estimate of drug-likeness (QED) is 0.0713. The second-order valence-electron chi connectivity index (χ2n) is 14.7. The third kappa shape index (κ3) is 9.38. The van der Waals surface area contributed by atoms with Crippen molar-refractivity contribution in [2.24, 2.45) is 0 Å². The standard InChI is InChI=1S/C45H41Cl2FN8O7/c1-4-40(58)55-14-12-27(21-55)62-38-18-30-34(20-36(38)61-3)52-39(54-45(30)51-26-7-5-6-25(16-26)23-57)10-11-41(59)56-15-13-28(22-56)63-37-17-29-33(19-35(37)60-2)49-24-50-44(29)53-32-9-8-31(46)42(47)43(32)48/h4-11,16-20,24,27-28,57H,1,12-15,21-23H2,2-3H3,(H,49,50,53)(H,51,52,54)/b11-10-. The van der Waals surface area contributed by atoms with Crippen LogP contribution in [-0.2, 0) is 16.2 Å². The van der Waals surface area contributed by atoms with Gasteiger partial charge in [-0.1, -0.05) is 41.9 Å². The summed E-state index contributed by atoms with van der Waals surface area (Å²) in [5.41, 5.74) is 2.48. The van der Waals surface area contributed by atoms with Crippen LogP contribution in [0.15, 0.2) is 85.7 Å². The molecule has 2 fully saturated rings. The number of aromatic nitrogens is 4. The number of hydrogen-bond acceptors (Lipinski definition) is 13. The Bertz CT molecular complexity index is 2780. The van der Waals surface area contributed by atoms with Crippen molar-refractivity contribution < 1.29 is 38.0 Å². The number of nitrogens with zero attached hydrogens (tertiary/aromatic N) is 6. The van der Waals surface area contributed by atoms with E-state index in [2.05, 4.69) is 27.2 Å². The summed E-state index contributed by atoms with van der Waals surface area (Å²) < 4.78 is 39.1. The molecule has 6 aromatic rings. The van der Waals surface area contributed by atoms with Crippen LogP contribution < -0.4 is 29.6 Å². The first-order valence-corrected chi connectivity index (χ1v) is 20.6. The number of fused-ring (bicyclic) bond motifs is 2. The van der Waals surface area contributed by atoms with E-state index >= 15 is 0 Å². The van der Waals surface area contributed by atoms with Crippen LogP contribution in [-0.4, -0.2) is 99.3 Å². The van der Waals surface area contributed by atoms with Crippen molar-refractivity contribution in [2.75, 3.05) is 51.0 Å². The van der Waals surface area contributed by atoms with Gasteiger partial charge in [-0.05, 0) is 54.1 Å². The van der Waals surface area contributed by atoms with Gasteiger partial charge in [0.2, 0.25) is 11.8 Å². The molecule has 0 spiro atoms. The number of hydrogen-bond donors (Lipinski definition) is 3. The Kier molecular flexibility index (Phi) is 12.7. The number of amides is 2. The maximum absolute atomic E-state index is 14.9. The molecule has 63 heavy (non-hydrogen) atoms. The average molecular weight is 896 g/mol. The van der Waals surface area contributed by atoms with Crippen molar-refractivity contribution in [3.8, 4) is 23.0 Å². The number of aliphatic hydroxyl groups is 1. The molecular weight excluding hydrogens is 854 g/mol. The predicted octanol–water partition coefficient (Wildman–Crippen LogP) is 7.87. The fourth-order valence-corrected chi connectivity index (χ4v) is 7.72. The Morgan fingerprint density at radius 1 is 0.841 bits per heavy atom. The lowest BCUT2D eigenvalue weighted by molar-refractivity contribution is -0.126. The van der Waals surface area contributed by atoms with Gasteiger partial charge in [-0.3, -0.25) is 9.59 Å². The van der Waals surface area contributed by atoms with Crippen LogP contribution in [0.1, 0.15) is 24.2 Å². The van der Waals surface area contributed by atoms with Crippen LogP contribution in [0.25, 0.3) is 27.9 Å². The number of carbonyl (C=O) groups is 2. The molecule has 2 aliphatic rings. The fourth-order valence-electron chi connectivity index (χ4n) is 7.41. The third-order valence-corrected chi connectivity index (χ3v) is 11.4. The molecule has 2 aliphatic heterocycles. The molecule has 2 atom stereocenters. The summed E-state index contributed by atoms with van der Waals surface area (Å²) >= 11 is 12.0. The molecule has 8 rings (SSSR count). The highest BCUT2D eigenvalue weighted by Crippen LogP contribution is 2.39. The van der Waals surface area contributed by atoms with Crippen LogP contribution in [0.4, 0.5) is 27.4 Å². The van der Waals surface area contributed by atoms with Gasteiger partial charge < -0.3 is 44.5 Å². The molecule has 2 unspecified atom stereocenters. The molecule has 2 amide bonds. The summed E-state index contributed by atoms with van der Waals surface area (Å²) in [4.78, 5) is 47.4. The Morgan fingerprint density at radius 3 is 2.17 bits per heavy atom. The monoisotopic (exact) mass is 894 g/mol. The van der Waals surface area contributed by atoms with Crippen molar-refractivity contribution in [1.29, 1.82) is 0 Å². The normalized spacial score (nSPS) is 16.2. The molecule has 18 heteroatoms. The van der Waals surface area contributed by atoms with Crippen LogP contribution in [0, 0.1) is 5.82 Å². The number of halogens is 3. The van der Waals surface area contributed by atoms with E-state index in [9.17, 15) is 19.1 Å². The molecule has 324 valence electrons. The summed E-state index contributed by atoms with van der Waals surface area (Å²) in [6.07, 6.45) is 6.11. The lowest BCUT2D eigenvalue weighted by atomic mass is 10.1. The van der Waals surface area contributed by atoms with E-state index < -0.39 is 5.82 Å². The summed E-state index contributed by atoms with van der Waals surface area (Å²) in [5.74, 6) is 1.51. The van der Waals surface area contributed by atoms with Gasteiger partial charge in [-0.25, -0.2) is 24.3 Å². The van der Waals surface area contributed by atoms with Crippen LogP contribution in [0.2, 0.25) is 10.0 Å². The second kappa shape index (κ2) is 18.7. The fraction of sp³-hybridized carbons (Fsp3) is 0.244. The third-order valence-electron chi connectivity index (χ3n) is 10.6. The number of likely N-dealkylation sites (tertiary alicyclic amines) is 2. The number of benzene rings is 4. The number of ether oxygens (including phenoxy) is 4. The Balaban J connectivity index is 1.01. The average Bonchev–Trinajstić information content (AvgIpc) is 3.98. The number of nitrogens with one attached hydrogen (secondary N) is 2. The zero-order valence-corrected chi connectivity index (χ0v) is 35.6. The molecule has 0 bridgehead atoms. The first-order chi connectivity index (χ1) is 30.5. The molecule has 0 radical (unpaired) electrons. The van der Waals surface area contributed by atoms with Crippen molar-refractivity contribution in [2.45, 2.75) is 31.7 Å². The van der Waals surface area contributed by atoms with Crippen molar-refractivity contribution >= 4 is 85.9 Å². The molecule has 0 aliphatic carbocycles. The van der Waals surface area contributed by atoms with E-state index in [-0.39, 0.29) is 58.7 Å². The van der Waals surface area contributed by atoms with Crippen molar-refractivity contribution in [3.05, 3.63) is 113 Å². The van der Waals surface area contributed by atoms with Crippen LogP contribution >= 0.6 is 23.2 Å². The van der Waals surface area contributed by atoms with E-state index in [1.54, 1.807) is 52.3 Å². The first-order valence-electron chi connectivity index (χ1n) is 19.9. The molecule has 0 saturated carbocycles. The first kappa shape index (κ1) is 42.9. The van der Waals surface area contributed by atoms with E-state index in [4.69, 9.17) is 52.1 Å². The molecule has 15 nitrogen and oxygen atoms in total. The molecule has 3 N–H and O–H groups in total. The number of carbonyl (C=O) groups excluding carboxylic acids is 2. The lowest BCUT2D eigenvalue weighted by Crippen LogP contribution is -2.29. The van der Waals surface area contributed by atoms with E-state index in [1.807, 2.05) is 12.1 Å². The smallest absolute Gasteiger partial charge is 0.246 e. The zero-order chi connectivity index (χ0) is 44.2. The Morgan fingerprint density at radius 2 is 1.51 bits per heavy atom. The van der Waals surface area contributed by atoms with Crippen LogP contribution in [0.3, 0.4) is 0 Å². The van der Waals surface area contributed by atoms with Gasteiger partial charge in [0.05, 0.1) is 60.7 Å². The minimum atomic E-state index is -0.726. The van der Waals surface area contributed by atoms with E-state index in [1.165, 1.54) is 44.8 Å². The topological polar surface area (TPSA) is 173 Å². The van der Waals surface area contributed by atoms with Gasteiger partial charge in [0.25, 0.3) is 0 Å². The van der Waals surface area contributed by atoms with Gasteiger partial charge in [-0.15, -0.1) is 0 Å². The number of anilines is 4. The number of aliphatic hydroxyl groups excluding tert-OH is 1. The second-order valence-corrected chi connectivity index (χ2v) is 15.5. The van der Waals surface area contributed by atoms with Crippen molar-refractivity contribution in [1.82, 2.24) is 29.7 Å². The number of rotatable bonds is 14. The van der Waals surface area contributed by atoms with Gasteiger partial charge in [0, 0.05) is 60.6 Å². The summed E-state index contributed by atoms with van der Waals surface area (Å²) in [7, 11) is 3.04. The molecule has 4 aromatic carbocycles. The summed E-state index contributed by atoms with van der Waals surface area (Å²) in [5, 5.41) is 17.1. The Labute approximate surface area is 371 Å². The van der Waals surface area contributed by atoms with E-state index in [0.717, 1.165) is 0 Å². The highest BCUT2D eigenvalue weighted by atomic mass is 35.5. The van der Waals surface area contributed by atoms with Gasteiger partial charge in [0.15, 0.2) is 34.6 Å². The Hall–Kier alpha value is -6.75. The minimum Gasteiger partial charge on any atom is -0.493 e. The zero-order valence-electron chi connectivity index (χ0n) is 34.1. The van der Waals surface area contributed by atoms with Gasteiger partial charge in [-0.2, -0.15) is 0 Å². The van der Waals surface area contributed by atoms with Crippen molar-refractivity contribution in [3.63, 3.8) is 0 Å². The molecule has 2 saturated heterocycles. The molecular formula is C45H41Cl2FN8O7. The highest BCUT2D eigenvalue weighted by Gasteiger charge is 2.29. The van der Waals surface area contributed by atoms with E-state index in [0.29, 0.717) is 100 Å². The summed E-state index contributed by atoms with van der Waals surface area (Å²) in [6, 6.07) is 17.1. The molecule has 2 aromatic heterocycles.